The molecule has 0 N–H and O–H groups in total. The molecule has 9 aromatic carbocycles. The molecule has 0 aliphatic carbocycles. The summed E-state index contributed by atoms with van der Waals surface area (Å²) in [6, 6.07) is 60.8. The number of benzene rings is 9. The zero-order valence-electron chi connectivity index (χ0n) is 27.0. The van der Waals surface area contributed by atoms with E-state index in [1.165, 1.54) is 54.6 Å². The van der Waals surface area contributed by atoms with Crippen LogP contribution >= 0.6 is 0 Å². The molecule has 0 amide bonds. The molecule has 0 aliphatic rings. The molecule has 0 atom stereocenters. The Morgan fingerprint density at radius 3 is 1.38 bits per heavy atom. The average molecular weight is 637 g/mol. The number of rotatable bonds is 3. The van der Waals surface area contributed by atoms with Gasteiger partial charge in [-0.1, -0.05) is 146 Å². The van der Waals surface area contributed by atoms with Crippen LogP contribution in [0, 0.1) is 0 Å². The Bertz CT molecular complexity index is 3070. The van der Waals surface area contributed by atoms with E-state index in [4.69, 9.17) is 8.83 Å². The third-order valence-electron chi connectivity index (χ3n) is 10.4. The van der Waals surface area contributed by atoms with Gasteiger partial charge in [-0.05, 0) is 84.4 Å². The van der Waals surface area contributed by atoms with E-state index in [0.29, 0.717) is 0 Å². The van der Waals surface area contributed by atoms with Crippen LogP contribution in [0.5, 0.6) is 0 Å². The van der Waals surface area contributed by atoms with Crippen molar-refractivity contribution >= 4 is 76.2 Å². The summed E-state index contributed by atoms with van der Waals surface area (Å²) in [6.45, 7) is 0. The van der Waals surface area contributed by atoms with E-state index in [9.17, 15) is 0 Å². The SMILES string of the molecule is c1ccc(-c2c3ccccc3c(-c3ccc(-c4c5ccccc5cc5c4oc4ccc6oc7ccccc7c6c45)cc3)c3ccccc23)cc1. The highest BCUT2D eigenvalue weighted by atomic mass is 16.3. The molecule has 232 valence electrons. The topological polar surface area (TPSA) is 26.3 Å². The van der Waals surface area contributed by atoms with Crippen molar-refractivity contribution in [2.24, 2.45) is 0 Å². The van der Waals surface area contributed by atoms with E-state index in [-0.39, 0.29) is 0 Å². The van der Waals surface area contributed by atoms with Gasteiger partial charge in [-0.2, -0.15) is 0 Å². The molecule has 0 bridgehead atoms. The molecule has 2 heterocycles. The van der Waals surface area contributed by atoms with Crippen LogP contribution in [0.15, 0.2) is 179 Å². The van der Waals surface area contributed by atoms with Gasteiger partial charge in [0.15, 0.2) is 0 Å². The minimum atomic E-state index is 0.865. The van der Waals surface area contributed by atoms with Gasteiger partial charge in [-0.3, -0.25) is 0 Å². The summed E-state index contributed by atoms with van der Waals surface area (Å²) < 4.78 is 13.1. The van der Waals surface area contributed by atoms with Crippen molar-refractivity contribution in [2.75, 3.05) is 0 Å². The second-order valence-corrected chi connectivity index (χ2v) is 13.1. The Morgan fingerprint density at radius 2 is 0.740 bits per heavy atom. The number of fused-ring (bicyclic) bond motifs is 10. The lowest BCUT2D eigenvalue weighted by Crippen LogP contribution is -1.91. The Morgan fingerprint density at radius 1 is 0.280 bits per heavy atom. The van der Waals surface area contributed by atoms with Crippen LogP contribution in [0.1, 0.15) is 0 Å². The first-order chi connectivity index (χ1) is 24.8. The maximum absolute atomic E-state index is 6.82. The zero-order chi connectivity index (χ0) is 32.8. The fourth-order valence-electron chi connectivity index (χ4n) is 8.33. The molecule has 0 saturated heterocycles. The molecule has 0 unspecified atom stereocenters. The third-order valence-corrected chi connectivity index (χ3v) is 10.4. The highest BCUT2D eigenvalue weighted by molar-refractivity contribution is 6.29. The summed E-state index contributed by atoms with van der Waals surface area (Å²) >= 11 is 0. The summed E-state index contributed by atoms with van der Waals surface area (Å²) in [6.07, 6.45) is 0. The molecule has 0 saturated carbocycles. The average Bonchev–Trinajstić information content (AvgIpc) is 3.74. The molecule has 0 radical (unpaired) electrons. The normalized spacial score (nSPS) is 12.0. The van der Waals surface area contributed by atoms with E-state index in [0.717, 1.165) is 55.0 Å². The van der Waals surface area contributed by atoms with Crippen LogP contribution in [0.25, 0.3) is 110 Å². The Labute approximate surface area is 287 Å². The quantitative estimate of drug-likeness (QED) is 0.180. The molecular formula is C48H28O2. The monoisotopic (exact) mass is 636 g/mol. The first-order valence-corrected chi connectivity index (χ1v) is 17.1. The van der Waals surface area contributed by atoms with Gasteiger partial charge in [-0.15, -0.1) is 0 Å². The van der Waals surface area contributed by atoms with Gasteiger partial charge in [0.05, 0.1) is 0 Å². The van der Waals surface area contributed by atoms with Gasteiger partial charge in [-0.25, -0.2) is 0 Å². The van der Waals surface area contributed by atoms with E-state index in [1.807, 2.05) is 24.3 Å². The first kappa shape index (κ1) is 27.3. The molecule has 0 fully saturated rings. The van der Waals surface area contributed by atoms with Gasteiger partial charge < -0.3 is 8.83 Å². The Kier molecular flexibility index (Phi) is 5.70. The largest absolute Gasteiger partial charge is 0.456 e. The highest BCUT2D eigenvalue weighted by Gasteiger charge is 2.21. The van der Waals surface area contributed by atoms with Gasteiger partial charge in [0.1, 0.15) is 22.3 Å². The summed E-state index contributed by atoms with van der Waals surface area (Å²) in [5.41, 5.74) is 10.7. The first-order valence-electron chi connectivity index (χ1n) is 17.1. The van der Waals surface area contributed by atoms with E-state index in [2.05, 4.69) is 146 Å². The standard InChI is InChI=1S/C48H28O2/c1-2-12-29(13-3-1)43-34-16-6-8-18-36(34)44(37-19-9-7-17-35(37)43)30-22-24-31(25-23-30)45-33-15-5-4-14-32(33)28-39-47-42(50-48(39)45)27-26-41-46(47)38-20-10-11-21-40(38)49-41/h1-28H. The predicted molar refractivity (Wildman–Crippen MR) is 210 cm³/mol. The number of para-hydroxylation sites is 1. The van der Waals surface area contributed by atoms with Crippen molar-refractivity contribution in [2.45, 2.75) is 0 Å². The van der Waals surface area contributed by atoms with Crippen molar-refractivity contribution < 1.29 is 8.83 Å². The molecule has 2 heteroatoms. The molecule has 11 aromatic rings. The van der Waals surface area contributed by atoms with Crippen molar-refractivity contribution in [3.63, 3.8) is 0 Å². The maximum Gasteiger partial charge on any atom is 0.143 e. The second-order valence-electron chi connectivity index (χ2n) is 13.1. The van der Waals surface area contributed by atoms with Crippen LogP contribution in [0.4, 0.5) is 0 Å². The molecule has 0 aliphatic heterocycles. The molecule has 2 nitrogen and oxygen atoms in total. The fourth-order valence-corrected chi connectivity index (χ4v) is 8.33. The van der Waals surface area contributed by atoms with Crippen LogP contribution in [0.3, 0.4) is 0 Å². The van der Waals surface area contributed by atoms with E-state index >= 15 is 0 Å². The molecular weight excluding hydrogens is 609 g/mol. The second kappa shape index (κ2) is 10.4. The number of hydrogen-bond acceptors (Lipinski definition) is 2. The van der Waals surface area contributed by atoms with Crippen molar-refractivity contribution in [3.05, 3.63) is 170 Å². The minimum absolute atomic E-state index is 0.865. The molecule has 0 spiro atoms. The number of hydrogen-bond donors (Lipinski definition) is 0. The molecule has 2 aromatic heterocycles. The van der Waals surface area contributed by atoms with Crippen LogP contribution in [-0.4, -0.2) is 0 Å². The highest BCUT2D eigenvalue weighted by Crippen LogP contribution is 2.47. The van der Waals surface area contributed by atoms with Crippen LogP contribution in [0.2, 0.25) is 0 Å². The zero-order valence-corrected chi connectivity index (χ0v) is 27.0. The summed E-state index contributed by atoms with van der Waals surface area (Å²) in [7, 11) is 0. The smallest absolute Gasteiger partial charge is 0.143 e. The van der Waals surface area contributed by atoms with Crippen molar-refractivity contribution in [1.29, 1.82) is 0 Å². The fraction of sp³-hybridized carbons (Fsp3) is 0. The number of furan rings is 2. The Balaban J connectivity index is 1.17. The summed E-state index contributed by atoms with van der Waals surface area (Å²) in [4.78, 5) is 0. The minimum Gasteiger partial charge on any atom is -0.456 e. The Hall–Kier alpha value is -6.64. The lowest BCUT2D eigenvalue weighted by atomic mass is 9.85. The van der Waals surface area contributed by atoms with E-state index in [1.54, 1.807) is 0 Å². The molecule has 11 rings (SSSR count). The van der Waals surface area contributed by atoms with Crippen LogP contribution in [-0.2, 0) is 0 Å². The summed E-state index contributed by atoms with van der Waals surface area (Å²) in [5, 5.41) is 11.8. The van der Waals surface area contributed by atoms with Gasteiger partial charge >= 0.3 is 0 Å². The van der Waals surface area contributed by atoms with Gasteiger partial charge in [0.2, 0.25) is 0 Å². The van der Waals surface area contributed by atoms with E-state index < -0.39 is 0 Å². The van der Waals surface area contributed by atoms with Gasteiger partial charge in [0, 0.05) is 27.1 Å². The molecule has 50 heavy (non-hydrogen) atoms. The summed E-state index contributed by atoms with van der Waals surface area (Å²) in [5.74, 6) is 0. The maximum atomic E-state index is 6.82. The van der Waals surface area contributed by atoms with Crippen molar-refractivity contribution in [1.82, 2.24) is 0 Å². The van der Waals surface area contributed by atoms with Crippen LogP contribution < -0.4 is 0 Å². The van der Waals surface area contributed by atoms with Gasteiger partial charge in [0.25, 0.3) is 0 Å². The third kappa shape index (κ3) is 3.85. The van der Waals surface area contributed by atoms with Crippen molar-refractivity contribution in [3.8, 4) is 33.4 Å². The lowest BCUT2D eigenvalue weighted by Gasteiger charge is -2.18. The lowest BCUT2D eigenvalue weighted by molar-refractivity contribution is 0.663. The predicted octanol–water partition coefficient (Wildman–Crippen LogP) is 13.9.